The molecule has 0 aliphatic carbocycles. The monoisotopic (exact) mass is 221 g/mol. The van der Waals surface area contributed by atoms with E-state index in [0.29, 0.717) is 13.0 Å². The number of aliphatic hydroxyl groups is 1. The first-order valence-electron chi connectivity index (χ1n) is 3.94. The Balaban J connectivity index is 0.00000144. The Morgan fingerprint density at radius 3 is 2.31 bits per heavy atom. The van der Waals surface area contributed by atoms with Gasteiger partial charge in [-0.3, -0.25) is 0 Å². The Hall–Kier alpha value is 1.41. The second-order valence-corrected chi connectivity index (χ2v) is 3.69. The van der Waals surface area contributed by atoms with E-state index in [1.165, 1.54) is 4.90 Å². The average molecular weight is 221 g/mol. The normalized spacial score (nSPS) is 30.2. The van der Waals surface area contributed by atoms with Crippen LogP contribution in [0.25, 0.3) is 0 Å². The molecular formula is C6H12BF3KNO. The van der Waals surface area contributed by atoms with Gasteiger partial charge in [0.25, 0.3) is 0 Å². The average Bonchev–Trinajstić information content (AvgIpc) is 2.05. The molecule has 0 saturated carbocycles. The molecule has 1 unspecified atom stereocenters. The van der Waals surface area contributed by atoms with Crippen molar-refractivity contribution in [1.82, 2.24) is 4.90 Å². The first-order valence-corrected chi connectivity index (χ1v) is 3.94. The van der Waals surface area contributed by atoms with E-state index in [2.05, 4.69) is 0 Å². The van der Waals surface area contributed by atoms with Crippen LogP contribution >= 0.6 is 0 Å². The molecule has 1 N–H and O–H groups in total. The van der Waals surface area contributed by atoms with Gasteiger partial charge in [-0.05, 0) is 26.3 Å². The third-order valence-electron chi connectivity index (χ3n) is 2.00. The van der Waals surface area contributed by atoms with Gasteiger partial charge in [0.2, 0.25) is 0 Å². The van der Waals surface area contributed by atoms with E-state index < -0.39 is 19.0 Å². The smallest absolute Gasteiger partial charge is 0.448 e. The molecule has 2 nitrogen and oxygen atoms in total. The van der Waals surface area contributed by atoms with Crippen molar-refractivity contribution in [2.45, 2.75) is 18.9 Å². The quantitative estimate of drug-likeness (QED) is 0.536. The predicted molar refractivity (Wildman–Crippen MR) is 40.8 cm³/mol. The zero-order valence-corrected chi connectivity index (χ0v) is 11.1. The van der Waals surface area contributed by atoms with Crippen molar-refractivity contribution in [1.29, 1.82) is 0 Å². The van der Waals surface area contributed by atoms with E-state index in [1.807, 2.05) is 0 Å². The van der Waals surface area contributed by atoms with Crippen molar-refractivity contribution in [2.75, 3.05) is 19.5 Å². The van der Waals surface area contributed by atoms with Crippen LogP contribution in [0.3, 0.4) is 0 Å². The third kappa shape index (κ3) is 5.76. The summed E-state index contributed by atoms with van der Waals surface area (Å²) in [5, 5.41) is 9.36. The van der Waals surface area contributed by atoms with Gasteiger partial charge in [0.15, 0.2) is 0 Å². The molecule has 1 atom stereocenters. The molecule has 1 heterocycles. The second kappa shape index (κ2) is 4.96. The standard InChI is InChI=1S/C6H12BF3NO.K/c1-6(12)2-3-11(4-6)5-7(8,9)10;/h12H,2-5H2,1H3;/q-1;+1. The SMILES string of the molecule is CC1(O)CCN(C[B-](F)(F)F)C1.[K+]. The third-order valence-corrected chi connectivity index (χ3v) is 2.00. The van der Waals surface area contributed by atoms with Gasteiger partial charge < -0.3 is 23.0 Å². The first-order chi connectivity index (χ1) is 5.29. The summed E-state index contributed by atoms with van der Waals surface area (Å²) in [4.78, 5) is 1.25. The van der Waals surface area contributed by atoms with Crippen molar-refractivity contribution in [3.8, 4) is 0 Å². The van der Waals surface area contributed by atoms with E-state index in [9.17, 15) is 18.1 Å². The minimum Gasteiger partial charge on any atom is -0.448 e. The summed E-state index contributed by atoms with van der Waals surface area (Å²) in [6.07, 6.45) is -0.421. The Labute approximate surface area is 118 Å². The van der Waals surface area contributed by atoms with Crippen molar-refractivity contribution in [3.63, 3.8) is 0 Å². The number of rotatable bonds is 2. The molecular weight excluding hydrogens is 209 g/mol. The molecule has 0 aromatic heterocycles. The Morgan fingerprint density at radius 2 is 2.00 bits per heavy atom. The molecule has 1 aliphatic heterocycles. The van der Waals surface area contributed by atoms with Crippen LogP contribution in [0.15, 0.2) is 0 Å². The number of nitrogens with zero attached hydrogens (tertiary/aromatic N) is 1. The first kappa shape index (κ1) is 14.4. The van der Waals surface area contributed by atoms with Crippen molar-refractivity contribution < 1.29 is 69.4 Å². The maximum Gasteiger partial charge on any atom is 1.00 e. The zero-order valence-electron chi connectivity index (χ0n) is 7.93. The molecule has 0 radical (unpaired) electrons. The number of halogens is 3. The molecule has 1 fully saturated rings. The van der Waals surface area contributed by atoms with Gasteiger partial charge in [-0.15, -0.1) is 0 Å². The van der Waals surface area contributed by atoms with Gasteiger partial charge in [-0.1, -0.05) is 0 Å². The largest absolute Gasteiger partial charge is 1.00 e. The number of hydrogen-bond acceptors (Lipinski definition) is 2. The van der Waals surface area contributed by atoms with Gasteiger partial charge in [-0.2, -0.15) is 0 Å². The number of hydrogen-bond donors (Lipinski definition) is 1. The van der Waals surface area contributed by atoms with Crippen LogP contribution in [0.2, 0.25) is 0 Å². The van der Waals surface area contributed by atoms with Crippen LogP contribution in [0.1, 0.15) is 13.3 Å². The fourth-order valence-corrected chi connectivity index (χ4v) is 1.49. The number of likely N-dealkylation sites (tertiary alicyclic amines) is 1. The van der Waals surface area contributed by atoms with Crippen LogP contribution < -0.4 is 51.4 Å². The number of β-amino-alcohol motifs (C(OH)–C–C–N with tert-alkyl or cyclic N) is 1. The zero-order chi connectivity index (χ0) is 9.41. The Morgan fingerprint density at radius 1 is 1.46 bits per heavy atom. The van der Waals surface area contributed by atoms with E-state index in [0.717, 1.165) is 0 Å². The molecule has 1 rings (SSSR count). The van der Waals surface area contributed by atoms with E-state index in [4.69, 9.17) is 0 Å². The van der Waals surface area contributed by atoms with Crippen molar-refractivity contribution in [2.24, 2.45) is 0 Å². The summed E-state index contributed by atoms with van der Waals surface area (Å²) in [5.41, 5.74) is -0.929. The van der Waals surface area contributed by atoms with Crippen LogP contribution in [-0.4, -0.2) is 42.1 Å². The fraction of sp³-hybridized carbons (Fsp3) is 1.00. The second-order valence-electron chi connectivity index (χ2n) is 3.69. The van der Waals surface area contributed by atoms with Crippen LogP contribution in [-0.2, 0) is 0 Å². The van der Waals surface area contributed by atoms with Crippen LogP contribution in [0.4, 0.5) is 12.9 Å². The minimum absolute atomic E-state index is 0. The minimum atomic E-state index is -4.75. The Bertz CT molecular complexity index is 176. The van der Waals surface area contributed by atoms with Gasteiger partial charge in [-0.25, -0.2) is 0 Å². The summed E-state index contributed by atoms with van der Waals surface area (Å²) in [7, 11) is 0. The van der Waals surface area contributed by atoms with Gasteiger partial charge in [0, 0.05) is 6.54 Å². The van der Waals surface area contributed by atoms with E-state index in [-0.39, 0.29) is 57.9 Å². The molecule has 0 amide bonds. The summed E-state index contributed by atoms with van der Waals surface area (Å²) in [6.45, 7) is -2.70. The molecule has 0 aromatic carbocycles. The maximum atomic E-state index is 11.9. The molecule has 7 heteroatoms. The molecule has 0 spiro atoms. The molecule has 0 aromatic rings. The topological polar surface area (TPSA) is 23.5 Å². The van der Waals surface area contributed by atoms with E-state index in [1.54, 1.807) is 6.92 Å². The summed E-state index contributed by atoms with van der Waals surface area (Å²) in [5.74, 6) is 0. The summed E-state index contributed by atoms with van der Waals surface area (Å²) < 4.78 is 35.7. The molecule has 13 heavy (non-hydrogen) atoms. The van der Waals surface area contributed by atoms with Gasteiger partial charge >= 0.3 is 58.4 Å². The molecule has 72 valence electrons. The van der Waals surface area contributed by atoms with E-state index >= 15 is 0 Å². The van der Waals surface area contributed by atoms with Gasteiger partial charge in [0.1, 0.15) is 0 Å². The van der Waals surface area contributed by atoms with Crippen LogP contribution in [0.5, 0.6) is 0 Å². The Kier molecular flexibility index (Phi) is 5.50. The summed E-state index contributed by atoms with van der Waals surface area (Å²) in [6, 6.07) is 0. The van der Waals surface area contributed by atoms with Crippen molar-refractivity contribution >= 4 is 6.98 Å². The van der Waals surface area contributed by atoms with Crippen LogP contribution in [0, 0.1) is 0 Å². The fourth-order valence-electron chi connectivity index (χ4n) is 1.49. The molecule has 1 saturated heterocycles. The summed E-state index contributed by atoms with van der Waals surface area (Å²) >= 11 is 0. The molecule has 0 bridgehead atoms. The molecule has 1 aliphatic rings. The maximum absolute atomic E-state index is 11.9. The van der Waals surface area contributed by atoms with Gasteiger partial charge in [0.05, 0.1) is 5.60 Å². The predicted octanol–water partition coefficient (Wildman–Crippen LogP) is -2.17. The van der Waals surface area contributed by atoms with Crippen molar-refractivity contribution in [3.05, 3.63) is 0 Å².